The molecule has 22 heavy (non-hydrogen) atoms. The minimum Gasteiger partial charge on any atom is -0.464 e. The zero-order valence-corrected chi connectivity index (χ0v) is 13.2. The average Bonchev–Trinajstić information content (AvgIpc) is 3.28. The summed E-state index contributed by atoms with van der Waals surface area (Å²) < 4.78 is 16.1. The maximum absolute atomic E-state index is 12.0. The molecule has 1 aliphatic rings. The minimum atomic E-state index is -1.19. The summed E-state index contributed by atoms with van der Waals surface area (Å²) in [5, 5.41) is 10.3. The molecular weight excluding hydrogens is 284 g/mol. The summed E-state index contributed by atoms with van der Waals surface area (Å²) in [5.74, 6) is -0.475. The van der Waals surface area contributed by atoms with Crippen molar-refractivity contribution in [3.8, 4) is 0 Å². The first-order valence-corrected chi connectivity index (χ1v) is 7.79. The molecule has 122 valence electrons. The van der Waals surface area contributed by atoms with Gasteiger partial charge in [-0.1, -0.05) is 37.3 Å². The van der Waals surface area contributed by atoms with Crippen molar-refractivity contribution < 1.29 is 24.1 Å². The third-order valence-corrected chi connectivity index (χ3v) is 3.87. The maximum Gasteiger partial charge on any atom is 0.343 e. The number of aliphatic hydroxyl groups is 1. The second-order valence-corrected chi connectivity index (χ2v) is 5.37. The number of carbonyl (C=O) groups excluding carboxylic acids is 1. The van der Waals surface area contributed by atoms with Crippen molar-refractivity contribution in [1.82, 2.24) is 0 Å². The second kappa shape index (κ2) is 7.72. The SMILES string of the molecule is CCOC(=O)[C@@]1([C@@H](O)CCOCc2ccccc2)O[C@@H]1CC. The van der Waals surface area contributed by atoms with Crippen LogP contribution in [0.1, 0.15) is 32.3 Å². The second-order valence-electron chi connectivity index (χ2n) is 5.37. The summed E-state index contributed by atoms with van der Waals surface area (Å²) in [6.45, 7) is 4.78. The van der Waals surface area contributed by atoms with E-state index in [4.69, 9.17) is 14.2 Å². The van der Waals surface area contributed by atoms with Gasteiger partial charge in [0, 0.05) is 13.0 Å². The molecule has 1 saturated heterocycles. The average molecular weight is 308 g/mol. The Balaban J connectivity index is 1.80. The molecule has 5 nitrogen and oxygen atoms in total. The summed E-state index contributed by atoms with van der Waals surface area (Å²) in [4.78, 5) is 12.0. The molecule has 0 amide bonds. The molecule has 0 aromatic heterocycles. The molecule has 1 heterocycles. The topological polar surface area (TPSA) is 68.3 Å². The van der Waals surface area contributed by atoms with Crippen LogP contribution >= 0.6 is 0 Å². The van der Waals surface area contributed by atoms with Gasteiger partial charge in [-0.25, -0.2) is 4.79 Å². The summed E-state index contributed by atoms with van der Waals surface area (Å²) >= 11 is 0. The molecule has 2 rings (SSSR count). The van der Waals surface area contributed by atoms with Crippen LogP contribution in [0.15, 0.2) is 30.3 Å². The van der Waals surface area contributed by atoms with Gasteiger partial charge in [-0.05, 0) is 18.9 Å². The van der Waals surface area contributed by atoms with Crippen LogP contribution in [-0.2, 0) is 25.6 Å². The third-order valence-electron chi connectivity index (χ3n) is 3.87. The van der Waals surface area contributed by atoms with Crippen LogP contribution in [0, 0.1) is 0 Å². The number of rotatable bonds is 9. The zero-order chi connectivity index (χ0) is 16.0. The highest BCUT2D eigenvalue weighted by Gasteiger charge is 2.67. The van der Waals surface area contributed by atoms with E-state index in [1.165, 1.54) is 0 Å². The molecule has 1 aliphatic heterocycles. The number of hydrogen-bond acceptors (Lipinski definition) is 5. The fraction of sp³-hybridized carbons (Fsp3) is 0.588. The molecule has 1 aromatic rings. The first kappa shape index (κ1) is 16.9. The number of carbonyl (C=O) groups is 1. The molecule has 0 spiro atoms. The first-order valence-electron chi connectivity index (χ1n) is 7.79. The van der Waals surface area contributed by atoms with Gasteiger partial charge in [-0.15, -0.1) is 0 Å². The molecule has 0 saturated carbocycles. The van der Waals surface area contributed by atoms with Crippen LogP contribution in [0.2, 0.25) is 0 Å². The lowest BCUT2D eigenvalue weighted by Crippen LogP contribution is -2.42. The van der Waals surface area contributed by atoms with Crippen molar-refractivity contribution in [2.75, 3.05) is 13.2 Å². The largest absolute Gasteiger partial charge is 0.464 e. The molecule has 0 bridgehead atoms. The molecule has 0 radical (unpaired) electrons. The lowest BCUT2D eigenvalue weighted by molar-refractivity contribution is -0.154. The molecule has 1 aromatic carbocycles. The highest BCUT2D eigenvalue weighted by atomic mass is 16.7. The number of esters is 1. The number of aliphatic hydroxyl groups excluding tert-OH is 1. The van der Waals surface area contributed by atoms with Crippen LogP contribution in [0.25, 0.3) is 0 Å². The Kier molecular flexibility index (Phi) is 5.94. The molecule has 1 N–H and O–H groups in total. The van der Waals surface area contributed by atoms with Crippen molar-refractivity contribution in [2.24, 2.45) is 0 Å². The van der Waals surface area contributed by atoms with E-state index in [1.807, 2.05) is 37.3 Å². The van der Waals surface area contributed by atoms with Crippen LogP contribution in [0.3, 0.4) is 0 Å². The molecule has 0 aliphatic carbocycles. The van der Waals surface area contributed by atoms with Crippen LogP contribution in [0.5, 0.6) is 0 Å². The number of hydrogen-bond donors (Lipinski definition) is 1. The summed E-state index contributed by atoms with van der Waals surface area (Å²) in [5.41, 5.74) is -0.118. The van der Waals surface area contributed by atoms with E-state index in [2.05, 4.69) is 0 Å². The normalized spacial score (nSPS) is 24.8. The Labute approximate surface area is 131 Å². The van der Waals surface area contributed by atoms with Crippen molar-refractivity contribution in [2.45, 2.75) is 51.1 Å². The van der Waals surface area contributed by atoms with Gasteiger partial charge in [-0.2, -0.15) is 0 Å². The monoisotopic (exact) mass is 308 g/mol. The lowest BCUT2D eigenvalue weighted by Gasteiger charge is -2.18. The Hall–Kier alpha value is -1.43. The highest BCUT2D eigenvalue weighted by molar-refractivity contribution is 5.84. The fourth-order valence-electron chi connectivity index (χ4n) is 2.61. The van der Waals surface area contributed by atoms with E-state index >= 15 is 0 Å². The maximum atomic E-state index is 12.0. The van der Waals surface area contributed by atoms with Crippen LogP contribution in [-0.4, -0.2) is 42.1 Å². The Morgan fingerprint density at radius 1 is 1.36 bits per heavy atom. The zero-order valence-electron chi connectivity index (χ0n) is 13.2. The smallest absolute Gasteiger partial charge is 0.343 e. The Bertz CT molecular complexity index is 475. The molecule has 0 unspecified atom stereocenters. The number of ether oxygens (including phenoxy) is 3. The van der Waals surface area contributed by atoms with Gasteiger partial charge in [0.2, 0.25) is 5.60 Å². The fourth-order valence-corrected chi connectivity index (χ4v) is 2.61. The van der Waals surface area contributed by atoms with Gasteiger partial charge < -0.3 is 19.3 Å². The van der Waals surface area contributed by atoms with Crippen LogP contribution < -0.4 is 0 Å². The summed E-state index contributed by atoms with van der Waals surface area (Å²) in [7, 11) is 0. The minimum absolute atomic E-state index is 0.268. The number of epoxide rings is 1. The third kappa shape index (κ3) is 3.66. The summed E-state index contributed by atoms with van der Waals surface area (Å²) in [6.07, 6.45) is -0.175. The predicted molar refractivity (Wildman–Crippen MR) is 81.2 cm³/mol. The van der Waals surface area contributed by atoms with Crippen LogP contribution in [0.4, 0.5) is 0 Å². The predicted octanol–water partition coefficient (Wildman–Crippen LogP) is 2.06. The van der Waals surface area contributed by atoms with Gasteiger partial charge in [0.15, 0.2) is 0 Å². The van der Waals surface area contributed by atoms with Crippen molar-refractivity contribution in [3.63, 3.8) is 0 Å². The lowest BCUT2D eigenvalue weighted by atomic mass is 9.94. The standard InChI is InChI=1S/C17H24O5/c1-3-15-17(22-15,16(19)21-4-2)14(18)10-11-20-12-13-8-6-5-7-9-13/h5-9,14-15,18H,3-4,10-12H2,1-2H3/t14-,15+,17-/m0/s1. The Morgan fingerprint density at radius 2 is 2.09 bits per heavy atom. The van der Waals surface area contributed by atoms with Gasteiger partial charge in [0.1, 0.15) is 6.10 Å². The van der Waals surface area contributed by atoms with E-state index in [0.717, 1.165) is 5.56 Å². The number of benzene rings is 1. The van der Waals surface area contributed by atoms with E-state index in [0.29, 0.717) is 26.1 Å². The van der Waals surface area contributed by atoms with E-state index in [-0.39, 0.29) is 12.7 Å². The molecule has 3 atom stereocenters. The van der Waals surface area contributed by atoms with Crippen molar-refractivity contribution in [1.29, 1.82) is 0 Å². The van der Waals surface area contributed by atoms with Crippen molar-refractivity contribution in [3.05, 3.63) is 35.9 Å². The van der Waals surface area contributed by atoms with Gasteiger partial charge in [-0.3, -0.25) is 0 Å². The summed E-state index contributed by atoms with van der Waals surface area (Å²) in [6, 6.07) is 9.81. The van der Waals surface area contributed by atoms with E-state index in [1.54, 1.807) is 6.92 Å². The quantitative estimate of drug-likeness (QED) is 0.430. The van der Waals surface area contributed by atoms with Gasteiger partial charge in [0.05, 0.1) is 19.3 Å². The van der Waals surface area contributed by atoms with E-state index in [9.17, 15) is 9.90 Å². The highest BCUT2D eigenvalue weighted by Crippen LogP contribution is 2.44. The van der Waals surface area contributed by atoms with E-state index < -0.39 is 17.7 Å². The molecular formula is C17H24O5. The Morgan fingerprint density at radius 3 is 2.68 bits per heavy atom. The van der Waals surface area contributed by atoms with Gasteiger partial charge >= 0.3 is 5.97 Å². The van der Waals surface area contributed by atoms with Crippen molar-refractivity contribution >= 4 is 5.97 Å². The van der Waals surface area contributed by atoms with Gasteiger partial charge in [0.25, 0.3) is 0 Å². The molecule has 5 heteroatoms. The first-order chi connectivity index (χ1) is 10.6. The molecule has 1 fully saturated rings.